The predicted octanol–water partition coefficient (Wildman–Crippen LogP) is 9.62. The third kappa shape index (κ3) is 31.0. The summed E-state index contributed by atoms with van der Waals surface area (Å²) in [5.41, 5.74) is 0. The number of amides is 2. The summed E-state index contributed by atoms with van der Waals surface area (Å²) in [5, 5.41) is 59.1. The first-order valence-corrected chi connectivity index (χ1v) is 25.5. The van der Waals surface area contributed by atoms with E-state index in [2.05, 4.69) is 36.6 Å². The molecular weight excluding hydrogens is 773 g/mol. The molecule has 0 aliphatic carbocycles. The van der Waals surface area contributed by atoms with E-state index in [1.807, 2.05) is 0 Å². The van der Waals surface area contributed by atoms with Gasteiger partial charge in [-0.25, -0.2) is 0 Å². The van der Waals surface area contributed by atoms with Gasteiger partial charge in [-0.1, -0.05) is 193 Å². The average molecular weight is 869 g/mol. The van der Waals surface area contributed by atoms with Crippen LogP contribution in [0.2, 0.25) is 0 Å². The smallest absolute Gasteiger partial charge is 0.220 e. The summed E-state index contributed by atoms with van der Waals surface area (Å²) in [6.07, 6.45) is 33.6. The summed E-state index contributed by atoms with van der Waals surface area (Å²) in [7, 11) is 0. The number of hydrogen-bond acceptors (Lipinski definition) is 9. The van der Waals surface area contributed by atoms with Crippen LogP contribution in [0.3, 0.4) is 0 Å². The van der Waals surface area contributed by atoms with Gasteiger partial charge in [0.25, 0.3) is 0 Å². The van der Waals surface area contributed by atoms with E-state index in [4.69, 9.17) is 9.47 Å². The Hall–Kier alpha value is -1.60. The summed E-state index contributed by atoms with van der Waals surface area (Å²) in [6, 6.07) is -1.00. The normalized spacial score (nSPS) is 20.8. The molecule has 1 fully saturated rings. The Labute approximate surface area is 373 Å². The second-order valence-electron chi connectivity index (χ2n) is 18.2. The largest absolute Gasteiger partial charge is 0.390 e. The van der Waals surface area contributed by atoms with Crippen molar-refractivity contribution in [1.82, 2.24) is 10.6 Å². The fraction of sp³-hybridized carbons (Fsp3) is 0.920. The van der Waals surface area contributed by atoms with Crippen LogP contribution in [0.15, 0.2) is 12.2 Å². The zero-order chi connectivity index (χ0) is 44.8. The van der Waals surface area contributed by atoms with Crippen molar-refractivity contribution >= 4 is 11.8 Å². The molecule has 2 amide bonds. The molecule has 360 valence electrons. The van der Waals surface area contributed by atoms with Gasteiger partial charge in [-0.05, 0) is 38.5 Å². The Kier molecular flexibility index (Phi) is 37.6. The number of aliphatic hydroxyl groups is 5. The van der Waals surface area contributed by atoms with E-state index in [0.29, 0.717) is 12.8 Å². The van der Waals surface area contributed by atoms with E-state index < -0.39 is 49.0 Å². The predicted molar refractivity (Wildman–Crippen MR) is 248 cm³/mol. The van der Waals surface area contributed by atoms with Crippen molar-refractivity contribution in [3.63, 3.8) is 0 Å². The number of ether oxygens (including phenoxy) is 2. The number of carbonyl (C=O) groups excluding carboxylic acids is 2. The van der Waals surface area contributed by atoms with Crippen molar-refractivity contribution < 1.29 is 44.6 Å². The zero-order valence-electron chi connectivity index (χ0n) is 39.4. The Morgan fingerprint density at radius 3 is 1.48 bits per heavy atom. The van der Waals surface area contributed by atoms with Gasteiger partial charge in [0.2, 0.25) is 11.8 Å². The highest BCUT2D eigenvalue weighted by molar-refractivity contribution is 5.76. The van der Waals surface area contributed by atoms with Gasteiger partial charge in [-0.3, -0.25) is 9.59 Å². The van der Waals surface area contributed by atoms with Crippen molar-refractivity contribution in [1.29, 1.82) is 0 Å². The highest BCUT2D eigenvalue weighted by Gasteiger charge is 2.45. The zero-order valence-corrected chi connectivity index (χ0v) is 39.4. The quantitative estimate of drug-likeness (QED) is 0.0233. The summed E-state index contributed by atoms with van der Waals surface area (Å²) < 4.78 is 11.5. The number of allylic oxidation sites excluding steroid dienone is 2. The van der Waals surface area contributed by atoms with Crippen LogP contribution in [-0.2, 0) is 19.1 Å². The van der Waals surface area contributed by atoms with Crippen LogP contribution >= 0.6 is 0 Å². The molecule has 11 nitrogen and oxygen atoms in total. The van der Waals surface area contributed by atoms with Gasteiger partial charge in [0.15, 0.2) is 6.29 Å². The maximum Gasteiger partial charge on any atom is 0.220 e. The van der Waals surface area contributed by atoms with Crippen LogP contribution in [0, 0.1) is 0 Å². The number of hydrogen-bond donors (Lipinski definition) is 7. The van der Waals surface area contributed by atoms with Gasteiger partial charge in [-0.2, -0.15) is 0 Å². The van der Waals surface area contributed by atoms with E-state index in [1.165, 1.54) is 155 Å². The monoisotopic (exact) mass is 869 g/mol. The third-order valence-corrected chi connectivity index (χ3v) is 12.3. The van der Waals surface area contributed by atoms with Crippen molar-refractivity contribution in [2.24, 2.45) is 0 Å². The fourth-order valence-electron chi connectivity index (χ4n) is 8.22. The van der Waals surface area contributed by atoms with E-state index >= 15 is 0 Å². The van der Waals surface area contributed by atoms with Gasteiger partial charge in [0.1, 0.15) is 30.5 Å². The molecule has 8 atom stereocenters. The standard InChI is InChI=1S/C50H96N2O9/c1-4-6-8-10-12-14-16-18-19-20-21-22-23-24-25-26-28-30-32-34-36-38-45(55)52-42(40-60-50-49(59)48(58)47(57)44(61-50)39-51-41(3)53)46(56)43(54)37-35-33-31-29-27-17-15-13-11-9-7-5-2/h18-19,42-44,46-50,54,56-59H,4-17,20-40H2,1-3H3,(H,51,53)(H,52,55)/b19-18-/t42-,43?,44?,46?,47?,48?,49?,50?/m0/s1. The van der Waals surface area contributed by atoms with Crippen LogP contribution < -0.4 is 10.6 Å². The number of carbonyl (C=O) groups is 2. The molecule has 1 rings (SSSR count). The van der Waals surface area contributed by atoms with Crippen LogP contribution in [0.5, 0.6) is 0 Å². The molecule has 1 heterocycles. The molecular formula is C50H96N2O9. The second kappa shape index (κ2) is 40.0. The van der Waals surface area contributed by atoms with Crippen molar-refractivity contribution in [2.45, 2.75) is 282 Å². The van der Waals surface area contributed by atoms with Gasteiger partial charge < -0.3 is 45.6 Å². The minimum atomic E-state index is -1.61. The van der Waals surface area contributed by atoms with Crippen LogP contribution in [0.25, 0.3) is 0 Å². The molecule has 61 heavy (non-hydrogen) atoms. The minimum Gasteiger partial charge on any atom is -0.390 e. The van der Waals surface area contributed by atoms with E-state index in [-0.39, 0.29) is 31.4 Å². The first-order chi connectivity index (χ1) is 29.6. The molecule has 0 aromatic carbocycles. The van der Waals surface area contributed by atoms with Crippen molar-refractivity contribution in [3.8, 4) is 0 Å². The maximum absolute atomic E-state index is 13.1. The highest BCUT2D eigenvalue weighted by Crippen LogP contribution is 2.23. The average Bonchev–Trinajstić information content (AvgIpc) is 3.24. The Morgan fingerprint density at radius 2 is 1.02 bits per heavy atom. The van der Waals surface area contributed by atoms with Crippen molar-refractivity contribution in [3.05, 3.63) is 12.2 Å². The molecule has 1 aliphatic heterocycles. The lowest BCUT2D eigenvalue weighted by Gasteiger charge is -2.41. The number of aliphatic hydroxyl groups excluding tert-OH is 5. The molecule has 1 saturated heterocycles. The summed E-state index contributed by atoms with van der Waals surface area (Å²) >= 11 is 0. The molecule has 7 unspecified atom stereocenters. The third-order valence-electron chi connectivity index (χ3n) is 12.3. The number of unbranched alkanes of at least 4 members (excludes halogenated alkanes) is 28. The lowest BCUT2D eigenvalue weighted by Crippen LogP contribution is -2.61. The van der Waals surface area contributed by atoms with Crippen LogP contribution in [0.4, 0.5) is 0 Å². The van der Waals surface area contributed by atoms with Crippen LogP contribution in [0.1, 0.15) is 233 Å². The molecule has 0 saturated carbocycles. The van der Waals surface area contributed by atoms with Gasteiger partial charge in [0.05, 0.1) is 18.8 Å². The molecule has 0 aromatic rings. The summed E-state index contributed by atoms with van der Waals surface area (Å²) in [6.45, 7) is 5.39. The number of nitrogens with one attached hydrogen (secondary N) is 2. The molecule has 7 N–H and O–H groups in total. The van der Waals surface area contributed by atoms with E-state index in [1.54, 1.807) is 0 Å². The minimum absolute atomic E-state index is 0.113. The Morgan fingerprint density at radius 1 is 0.590 bits per heavy atom. The molecule has 0 aromatic heterocycles. The highest BCUT2D eigenvalue weighted by atomic mass is 16.7. The summed E-state index contributed by atoms with van der Waals surface area (Å²) in [4.78, 5) is 24.6. The van der Waals surface area contributed by atoms with E-state index in [9.17, 15) is 35.1 Å². The fourth-order valence-corrected chi connectivity index (χ4v) is 8.22. The van der Waals surface area contributed by atoms with Crippen molar-refractivity contribution in [2.75, 3.05) is 13.2 Å². The van der Waals surface area contributed by atoms with Crippen LogP contribution in [-0.4, -0.2) is 99.5 Å². The SMILES string of the molecule is CCCCCCCC/C=C\CCCCCCCCCCCCCC(=O)N[C@@H](COC1OC(CNC(C)=O)C(O)C(O)C1O)C(O)C(O)CCCCCCCCCCCCCC. The van der Waals surface area contributed by atoms with E-state index in [0.717, 1.165) is 44.9 Å². The molecule has 1 aliphatic rings. The van der Waals surface area contributed by atoms with Gasteiger partial charge in [-0.15, -0.1) is 0 Å². The van der Waals surface area contributed by atoms with Gasteiger partial charge in [0, 0.05) is 19.9 Å². The first-order valence-electron chi connectivity index (χ1n) is 25.5. The molecule has 0 bridgehead atoms. The molecule has 0 radical (unpaired) electrons. The maximum atomic E-state index is 13.1. The van der Waals surface area contributed by atoms with Gasteiger partial charge >= 0.3 is 0 Å². The topological polar surface area (TPSA) is 178 Å². The Bertz CT molecular complexity index is 1050. The number of rotatable bonds is 42. The molecule has 11 heteroatoms. The second-order valence-corrected chi connectivity index (χ2v) is 18.2. The summed E-state index contributed by atoms with van der Waals surface area (Å²) in [5.74, 6) is -0.613. The first kappa shape index (κ1) is 57.4. The Balaban J connectivity index is 2.41. The lowest BCUT2D eigenvalue weighted by molar-refractivity contribution is -0.297. The molecule has 0 spiro atoms. The lowest BCUT2D eigenvalue weighted by atomic mass is 9.98.